The van der Waals surface area contributed by atoms with Crippen LogP contribution in [0.3, 0.4) is 0 Å². The van der Waals surface area contributed by atoms with Gasteiger partial charge in [-0.25, -0.2) is 14.6 Å². The van der Waals surface area contributed by atoms with Gasteiger partial charge in [0.05, 0.1) is 50.4 Å². The number of amides is 1. The number of methoxy groups -OCH3 is 3. The van der Waals surface area contributed by atoms with E-state index in [1.54, 1.807) is 49.6 Å². The van der Waals surface area contributed by atoms with Gasteiger partial charge in [-0.2, -0.15) is 0 Å². The van der Waals surface area contributed by atoms with Crippen molar-refractivity contribution in [3.05, 3.63) is 95.6 Å². The van der Waals surface area contributed by atoms with Gasteiger partial charge in [0, 0.05) is 17.2 Å². The minimum Gasteiger partial charge on any atom is -0.496 e. The van der Waals surface area contributed by atoms with Crippen LogP contribution < -0.4 is 29.5 Å². The highest BCUT2D eigenvalue weighted by Crippen LogP contribution is 2.51. The number of nitrogens with zero attached hydrogens (tertiary/aromatic N) is 2. The van der Waals surface area contributed by atoms with E-state index in [9.17, 15) is 14.4 Å². The van der Waals surface area contributed by atoms with Crippen molar-refractivity contribution in [2.45, 2.75) is 25.9 Å². The lowest BCUT2D eigenvalue weighted by molar-refractivity contribution is -0.122. The van der Waals surface area contributed by atoms with Crippen molar-refractivity contribution in [3.63, 3.8) is 0 Å². The Hall–Kier alpha value is -5.51. The summed E-state index contributed by atoms with van der Waals surface area (Å²) in [6.45, 7) is 4.12. The number of hydrogen-bond acceptors (Lipinski definition) is 9. The summed E-state index contributed by atoms with van der Waals surface area (Å²) in [5.41, 5.74) is 4.52. The molecule has 0 aromatic heterocycles. The summed E-state index contributed by atoms with van der Waals surface area (Å²) >= 11 is 0. The molecule has 4 aromatic rings. The zero-order chi connectivity index (χ0) is 31.2. The number of rotatable bonds is 7. The molecule has 0 fully saturated rings. The van der Waals surface area contributed by atoms with Crippen LogP contribution in [0.15, 0.2) is 78.9 Å². The van der Waals surface area contributed by atoms with Crippen LogP contribution in [0.5, 0.6) is 17.2 Å². The van der Waals surface area contributed by atoms with E-state index in [1.165, 1.54) is 13.2 Å². The highest BCUT2D eigenvalue weighted by Gasteiger charge is 2.47. The van der Waals surface area contributed by atoms with Gasteiger partial charge >= 0.3 is 11.9 Å². The highest BCUT2D eigenvalue weighted by molar-refractivity contribution is 6.12. The number of carbonyl (C=O) groups is 3. The van der Waals surface area contributed by atoms with E-state index in [0.717, 1.165) is 33.8 Å². The lowest BCUT2D eigenvalue weighted by Crippen LogP contribution is -2.57. The first-order valence-corrected chi connectivity index (χ1v) is 13.9. The van der Waals surface area contributed by atoms with E-state index in [2.05, 4.69) is 5.32 Å². The Balaban J connectivity index is 1.38. The Labute approximate surface area is 254 Å². The van der Waals surface area contributed by atoms with Gasteiger partial charge in [-0.15, -0.1) is 0 Å². The molecule has 2 heterocycles. The van der Waals surface area contributed by atoms with Crippen molar-refractivity contribution in [2.75, 3.05) is 36.7 Å². The van der Waals surface area contributed by atoms with Crippen LogP contribution in [0.4, 0.5) is 17.1 Å². The van der Waals surface area contributed by atoms with E-state index in [1.807, 2.05) is 61.3 Å². The Morgan fingerprint density at radius 2 is 1.50 bits per heavy atom. The Bertz CT molecular complexity index is 1820. The average Bonchev–Trinajstić information content (AvgIpc) is 3.44. The van der Waals surface area contributed by atoms with Crippen molar-refractivity contribution in [1.82, 2.24) is 0 Å². The SMILES string of the molecule is COC(=O)c1cccc(C(=O)Oc2ccc(-c3ccc4c5c3CN(c3ccccc3OC)N5C(=O)C(C)(C)N4)c(OC)c2)c1. The van der Waals surface area contributed by atoms with E-state index < -0.39 is 17.5 Å². The van der Waals surface area contributed by atoms with E-state index in [-0.39, 0.29) is 22.8 Å². The lowest BCUT2D eigenvalue weighted by atomic mass is 9.93. The molecule has 44 heavy (non-hydrogen) atoms. The molecule has 0 saturated heterocycles. The number of esters is 2. The van der Waals surface area contributed by atoms with Crippen molar-refractivity contribution in [1.29, 1.82) is 0 Å². The molecule has 0 radical (unpaired) electrons. The summed E-state index contributed by atoms with van der Waals surface area (Å²) in [6.07, 6.45) is 0. The van der Waals surface area contributed by atoms with E-state index >= 15 is 0 Å². The fourth-order valence-electron chi connectivity index (χ4n) is 5.65. The fraction of sp³-hybridized carbons (Fsp3) is 0.206. The third kappa shape index (κ3) is 4.74. The molecular weight excluding hydrogens is 562 g/mol. The molecule has 0 spiro atoms. The maximum Gasteiger partial charge on any atom is 0.343 e. The number of carbonyl (C=O) groups excluding carboxylic acids is 3. The van der Waals surface area contributed by atoms with E-state index in [0.29, 0.717) is 18.0 Å². The van der Waals surface area contributed by atoms with Crippen LogP contribution in [0.25, 0.3) is 11.1 Å². The Morgan fingerprint density at radius 3 is 2.23 bits per heavy atom. The Kier molecular flexibility index (Phi) is 7.12. The fourth-order valence-corrected chi connectivity index (χ4v) is 5.65. The molecule has 1 N–H and O–H groups in total. The van der Waals surface area contributed by atoms with Gasteiger partial charge in [0.15, 0.2) is 0 Å². The van der Waals surface area contributed by atoms with Gasteiger partial charge < -0.3 is 24.3 Å². The number of nitrogens with one attached hydrogen (secondary N) is 1. The summed E-state index contributed by atoms with van der Waals surface area (Å²) in [7, 11) is 4.43. The molecule has 0 bridgehead atoms. The van der Waals surface area contributed by atoms with Crippen LogP contribution in [-0.2, 0) is 16.1 Å². The monoisotopic (exact) mass is 593 g/mol. The van der Waals surface area contributed by atoms with Crippen LogP contribution in [0.1, 0.15) is 40.1 Å². The van der Waals surface area contributed by atoms with Crippen molar-refractivity contribution in [3.8, 4) is 28.4 Å². The second-order valence-corrected chi connectivity index (χ2v) is 10.9. The minimum atomic E-state index is -0.837. The molecule has 10 heteroatoms. The minimum absolute atomic E-state index is 0.0997. The van der Waals surface area contributed by atoms with Gasteiger partial charge in [-0.3, -0.25) is 9.80 Å². The number of anilines is 3. The zero-order valence-electron chi connectivity index (χ0n) is 25.0. The van der Waals surface area contributed by atoms with Crippen LogP contribution in [0, 0.1) is 0 Å². The van der Waals surface area contributed by atoms with Crippen molar-refractivity contribution in [2.24, 2.45) is 0 Å². The smallest absolute Gasteiger partial charge is 0.343 e. The largest absolute Gasteiger partial charge is 0.496 e. The van der Waals surface area contributed by atoms with E-state index in [4.69, 9.17) is 18.9 Å². The molecule has 0 saturated carbocycles. The van der Waals surface area contributed by atoms with Crippen LogP contribution >= 0.6 is 0 Å². The molecule has 10 nitrogen and oxygen atoms in total. The average molecular weight is 594 g/mol. The molecule has 6 rings (SSSR count). The lowest BCUT2D eigenvalue weighted by Gasteiger charge is -2.41. The molecule has 0 aliphatic carbocycles. The highest BCUT2D eigenvalue weighted by atomic mass is 16.5. The molecule has 4 aromatic carbocycles. The maximum atomic E-state index is 13.9. The first-order chi connectivity index (χ1) is 21.2. The van der Waals surface area contributed by atoms with Gasteiger partial charge in [-0.05, 0) is 67.9 Å². The summed E-state index contributed by atoms with van der Waals surface area (Å²) in [6, 6.07) is 22.8. The predicted molar refractivity (Wildman–Crippen MR) is 166 cm³/mol. The van der Waals surface area contributed by atoms with Gasteiger partial charge in [-0.1, -0.05) is 24.3 Å². The Morgan fingerprint density at radius 1 is 0.795 bits per heavy atom. The quantitative estimate of drug-likeness (QED) is 0.209. The molecule has 0 atom stereocenters. The first-order valence-electron chi connectivity index (χ1n) is 13.9. The second-order valence-electron chi connectivity index (χ2n) is 10.9. The topological polar surface area (TPSA) is 107 Å². The summed E-state index contributed by atoms with van der Waals surface area (Å²) in [4.78, 5) is 38.7. The summed E-state index contributed by atoms with van der Waals surface area (Å²) < 4.78 is 21.8. The third-order valence-corrected chi connectivity index (χ3v) is 7.77. The third-order valence-electron chi connectivity index (χ3n) is 7.77. The number of hydrazine groups is 1. The molecule has 0 unspecified atom stereocenters. The summed E-state index contributed by atoms with van der Waals surface area (Å²) in [5.74, 6) is 0.114. The second kappa shape index (κ2) is 11.0. The molecule has 2 aliphatic heterocycles. The molecule has 224 valence electrons. The number of para-hydroxylation sites is 2. The standard InChI is InChI=1S/C34H31N3O7/c1-34(2)33(40)37-30-25(19-36(37)27-11-6-7-12-28(27)41-3)23(15-16-26(30)35-34)24-14-13-22(18-29(24)42-4)44-32(39)21-10-8-9-20(17-21)31(38)43-5/h6-18,35H,19H2,1-5H3. The maximum absolute atomic E-state index is 13.9. The molecular formula is C34H31N3O7. The van der Waals surface area contributed by atoms with Crippen molar-refractivity contribution < 1.29 is 33.3 Å². The van der Waals surface area contributed by atoms with Gasteiger partial charge in [0.1, 0.15) is 28.5 Å². The first kappa shape index (κ1) is 28.6. The zero-order valence-corrected chi connectivity index (χ0v) is 25.0. The number of hydrogen-bond donors (Lipinski definition) is 1. The normalized spacial score (nSPS) is 14.4. The van der Waals surface area contributed by atoms with Crippen LogP contribution in [0.2, 0.25) is 0 Å². The molecule has 2 aliphatic rings. The predicted octanol–water partition coefficient (Wildman–Crippen LogP) is 5.85. The number of benzene rings is 4. The number of ether oxygens (including phenoxy) is 4. The van der Waals surface area contributed by atoms with Gasteiger partial charge in [0.25, 0.3) is 5.91 Å². The van der Waals surface area contributed by atoms with Crippen LogP contribution in [-0.4, -0.2) is 44.7 Å². The van der Waals surface area contributed by atoms with Gasteiger partial charge in [0.2, 0.25) is 0 Å². The summed E-state index contributed by atoms with van der Waals surface area (Å²) in [5, 5.41) is 7.07. The van der Waals surface area contributed by atoms with Crippen molar-refractivity contribution >= 4 is 34.9 Å². The molecule has 1 amide bonds.